The summed E-state index contributed by atoms with van der Waals surface area (Å²) < 4.78 is 13.2. The van der Waals surface area contributed by atoms with Crippen LogP contribution in [0.5, 0.6) is 0 Å². The first kappa shape index (κ1) is 18.6. The topological polar surface area (TPSA) is 70.2 Å². The van der Waals surface area contributed by atoms with E-state index in [2.05, 4.69) is 20.6 Å². The molecule has 1 aromatic heterocycles. The van der Waals surface area contributed by atoms with Gasteiger partial charge in [-0.3, -0.25) is 4.79 Å². The van der Waals surface area contributed by atoms with Crippen molar-refractivity contribution in [3.05, 3.63) is 71.4 Å². The second kappa shape index (κ2) is 8.01. The maximum absolute atomic E-state index is 13.2. The molecule has 1 heterocycles. The molecule has 0 radical (unpaired) electrons. The highest BCUT2D eigenvalue weighted by Crippen LogP contribution is 2.20. The number of aromatic nitrogens is 2. The fraction of sp³-hybridized carbons (Fsp3) is 0.105. The number of amides is 1. The van der Waals surface area contributed by atoms with Crippen LogP contribution in [0.4, 0.5) is 27.3 Å². The highest BCUT2D eigenvalue weighted by Gasteiger charge is 2.10. The highest BCUT2D eigenvalue weighted by molar-refractivity contribution is 6.31. The molecule has 1 amide bonds. The molecule has 0 saturated carbocycles. The Hall–Kier alpha value is -3.19. The van der Waals surface area contributed by atoms with Gasteiger partial charge in [0.1, 0.15) is 17.3 Å². The molecule has 0 bridgehead atoms. The summed E-state index contributed by atoms with van der Waals surface area (Å²) in [5.41, 5.74) is 2.44. The Morgan fingerprint density at radius 2 is 1.74 bits per heavy atom. The molecule has 0 aliphatic heterocycles. The largest absolute Gasteiger partial charge is 0.378 e. The molecular formula is C19H17ClFN5O. The molecule has 2 aromatic carbocycles. The Morgan fingerprint density at radius 3 is 2.33 bits per heavy atom. The van der Waals surface area contributed by atoms with Crippen LogP contribution in [0.1, 0.15) is 10.5 Å². The van der Waals surface area contributed by atoms with Crippen molar-refractivity contribution < 1.29 is 9.18 Å². The number of nitrogens with one attached hydrogen (secondary N) is 2. The zero-order chi connectivity index (χ0) is 19.4. The van der Waals surface area contributed by atoms with Gasteiger partial charge in [-0.2, -0.15) is 0 Å². The molecular weight excluding hydrogens is 369 g/mol. The zero-order valence-corrected chi connectivity index (χ0v) is 15.5. The Kier molecular flexibility index (Phi) is 5.52. The van der Waals surface area contributed by atoms with Gasteiger partial charge >= 0.3 is 0 Å². The molecule has 3 rings (SSSR count). The van der Waals surface area contributed by atoms with Crippen LogP contribution in [0, 0.1) is 5.82 Å². The summed E-state index contributed by atoms with van der Waals surface area (Å²) in [7, 11) is 3.94. The molecule has 0 aliphatic rings. The van der Waals surface area contributed by atoms with Gasteiger partial charge in [-0.25, -0.2) is 14.4 Å². The van der Waals surface area contributed by atoms with Crippen molar-refractivity contribution >= 4 is 40.4 Å². The van der Waals surface area contributed by atoms with Crippen molar-refractivity contribution in [2.24, 2.45) is 0 Å². The van der Waals surface area contributed by atoms with E-state index in [1.54, 1.807) is 0 Å². The molecule has 2 N–H and O–H groups in total. The summed E-state index contributed by atoms with van der Waals surface area (Å²) >= 11 is 5.70. The Balaban J connectivity index is 1.65. The van der Waals surface area contributed by atoms with Gasteiger partial charge in [0.05, 0.1) is 17.4 Å². The van der Waals surface area contributed by atoms with E-state index in [0.717, 1.165) is 11.4 Å². The van der Waals surface area contributed by atoms with Gasteiger partial charge in [0.15, 0.2) is 0 Å². The number of halogens is 2. The average molecular weight is 386 g/mol. The fourth-order valence-corrected chi connectivity index (χ4v) is 2.45. The molecule has 0 unspecified atom stereocenters. The zero-order valence-electron chi connectivity index (χ0n) is 14.7. The van der Waals surface area contributed by atoms with Crippen LogP contribution in [-0.4, -0.2) is 30.0 Å². The monoisotopic (exact) mass is 385 g/mol. The number of rotatable bonds is 5. The predicted molar refractivity (Wildman–Crippen MR) is 105 cm³/mol. The van der Waals surface area contributed by atoms with E-state index in [4.69, 9.17) is 11.6 Å². The van der Waals surface area contributed by atoms with Crippen LogP contribution in [-0.2, 0) is 0 Å². The van der Waals surface area contributed by atoms with Crippen molar-refractivity contribution in [3.8, 4) is 0 Å². The lowest BCUT2D eigenvalue weighted by atomic mass is 10.2. The first-order chi connectivity index (χ1) is 12.9. The van der Waals surface area contributed by atoms with E-state index in [9.17, 15) is 9.18 Å². The SMILES string of the molecule is CN(C)c1ccc(Nc2cnc(C(=O)Nc3ccc(F)c(Cl)c3)cn2)cc1. The summed E-state index contributed by atoms with van der Waals surface area (Å²) in [6, 6.07) is 11.7. The second-order valence-electron chi connectivity index (χ2n) is 5.94. The number of hydrogen-bond acceptors (Lipinski definition) is 5. The van der Waals surface area contributed by atoms with Crippen molar-refractivity contribution in [2.75, 3.05) is 29.6 Å². The van der Waals surface area contributed by atoms with Crippen LogP contribution in [0.25, 0.3) is 0 Å². The maximum Gasteiger partial charge on any atom is 0.275 e. The van der Waals surface area contributed by atoms with Crippen molar-refractivity contribution in [3.63, 3.8) is 0 Å². The quantitative estimate of drug-likeness (QED) is 0.684. The molecule has 0 saturated heterocycles. The third kappa shape index (κ3) is 4.71. The molecule has 0 spiro atoms. The Labute approximate surface area is 161 Å². The summed E-state index contributed by atoms with van der Waals surface area (Å²) in [4.78, 5) is 22.5. The van der Waals surface area contributed by atoms with E-state index in [1.807, 2.05) is 43.3 Å². The minimum atomic E-state index is -0.552. The molecule has 6 nitrogen and oxygen atoms in total. The molecule has 3 aromatic rings. The summed E-state index contributed by atoms with van der Waals surface area (Å²) in [5, 5.41) is 5.64. The Bertz CT molecular complexity index is 945. The molecule has 0 aliphatic carbocycles. The third-order valence-electron chi connectivity index (χ3n) is 3.72. The fourth-order valence-electron chi connectivity index (χ4n) is 2.27. The maximum atomic E-state index is 13.2. The van der Waals surface area contributed by atoms with Gasteiger partial charge in [-0.05, 0) is 42.5 Å². The number of carbonyl (C=O) groups is 1. The number of carbonyl (C=O) groups excluding carboxylic acids is 1. The van der Waals surface area contributed by atoms with Gasteiger partial charge in [0, 0.05) is 31.2 Å². The number of anilines is 4. The van der Waals surface area contributed by atoms with E-state index >= 15 is 0 Å². The van der Waals surface area contributed by atoms with E-state index in [-0.39, 0.29) is 10.7 Å². The van der Waals surface area contributed by atoms with Crippen LogP contribution >= 0.6 is 11.6 Å². The van der Waals surface area contributed by atoms with Crippen molar-refractivity contribution in [1.82, 2.24) is 9.97 Å². The summed E-state index contributed by atoms with van der Waals surface area (Å²) in [6.07, 6.45) is 2.82. The van der Waals surface area contributed by atoms with E-state index in [1.165, 1.54) is 30.6 Å². The van der Waals surface area contributed by atoms with Crippen LogP contribution in [0.15, 0.2) is 54.9 Å². The summed E-state index contributed by atoms with van der Waals surface area (Å²) in [6.45, 7) is 0. The number of nitrogens with zero attached hydrogens (tertiary/aromatic N) is 3. The highest BCUT2D eigenvalue weighted by atomic mass is 35.5. The second-order valence-corrected chi connectivity index (χ2v) is 6.34. The van der Waals surface area contributed by atoms with E-state index in [0.29, 0.717) is 11.5 Å². The Morgan fingerprint density at radius 1 is 1.04 bits per heavy atom. The molecule has 138 valence electrons. The first-order valence-electron chi connectivity index (χ1n) is 8.05. The minimum absolute atomic E-state index is 0.0706. The van der Waals surface area contributed by atoms with Gasteiger partial charge in [-0.1, -0.05) is 11.6 Å². The van der Waals surface area contributed by atoms with E-state index < -0.39 is 11.7 Å². The van der Waals surface area contributed by atoms with Gasteiger partial charge in [0.2, 0.25) is 0 Å². The standard InChI is InChI=1S/C19H17ClFN5O/c1-26(2)14-6-3-12(4-7-14)24-18-11-22-17(10-23-18)19(27)25-13-5-8-16(21)15(20)9-13/h3-11H,1-2H3,(H,23,24)(H,25,27). The number of hydrogen-bond donors (Lipinski definition) is 2. The summed E-state index contributed by atoms with van der Waals surface area (Å²) in [5.74, 6) is -0.510. The smallest absolute Gasteiger partial charge is 0.275 e. The van der Waals surface area contributed by atoms with Gasteiger partial charge in [0.25, 0.3) is 5.91 Å². The van der Waals surface area contributed by atoms with Crippen LogP contribution in [0.3, 0.4) is 0 Å². The molecule has 0 fully saturated rings. The first-order valence-corrected chi connectivity index (χ1v) is 8.43. The molecule has 27 heavy (non-hydrogen) atoms. The lowest BCUT2D eigenvalue weighted by Gasteiger charge is -2.13. The normalized spacial score (nSPS) is 10.4. The predicted octanol–water partition coefficient (Wildman–Crippen LogP) is 4.33. The van der Waals surface area contributed by atoms with Gasteiger partial charge < -0.3 is 15.5 Å². The van der Waals surface area contributed by atoms with Crippen LogP contribution < -0.4 is 15.5 Å². The van der Waals surface area contributed by atoms with Crippen LogP contribution in [0.2, 0.25) is 5.02 Å². The third-order valence-corrected chi connectivity index (χ3v) is 4.01. The lowest BCUT2D eigenvalue weighted by Crippen LogP contribution is -2.14. The molecule has 0 atom stereocenters. The van der Waals surface area contributed by atoms with Crippen molar-refractivity contribution in [2.45, 2.75) is 0 Å². The van der Waals surface area contributed by atoms with Gasteiger partial charge in [-0.15, -0.1) is 0 Å². The molecule has 8 heteroatoms. The number of benzene rings is 2. The lowest BCUT2D eigenvalue weighted by molar-refractivity contribution is 0.102. The minimum Gasteiger partial charge on any atom is -0.378 e. The van der Waals surface area contributed by atoms with Crippen molar-refractivity contribution in [1.29, 1.82) is 0 Å². The average Bonchev–Trinajstić information content (AvgIpc) is 2.66.